The van der Waals surface area contributed by atoms with Gasteiger partial charge in [0.1, 0.15) is 11.5 Å². The third-order valence-corrected chi connectivity index (χ3v) is 3.72. The number of aromatic nitrogens is 2. The molecule has 1 saturated heterocycles. The predicted octanol–water partition coefficient (Wildman–Crippen LogP) is 2.00. The number of hydrogen-bond acceptors (Lipinski definition) is 5. The van der Waals surface area contributed by atoms with Crippen LogP contribution in [0.4, 0.5) is 5.82 Å². The first-order valence-corrected chi connectivity index (χ1v) is 7.81. The molecule has 1 aromatic carbocycles. The first-order chi connectivity index (χ1) is 11.3. The second-order valence-corrected chi connectivity index (χ2v) is 5.47. The summed E-state index contributed by atoms with van der Waals surface area (Å²) in [6.07, 6.45) is 5.48. The zero-order valence-corrected chi connectivity index (χ0v) is 12.9. The van der Waals surface area contributed by atoms with Crippen molar-refractivity contribution in [3.63, 3.8) is 0 Å². The number of hydrogen-bond donors (Lipinski definition) is 2. The van der Waals surface area contributed by atoms with Gasteiger partial charge in [0.05, 0.1) is 18.5 Å². The van der Waals surface area contributed by atoms with Gasteiger partial charge in [-0.25, -0.2) is 9.97 Å². The highest BCUT2D eigenvalue weighted by atomic mass is 16.5. The Hall–Kier alpha value is -2.47. The van der Waals surface area contributed by atoms with E-state index in [2.05, 4.69) is 20.6 Å². The Morgan fingerprint density at radius 1 is 1.22 bits per heavy atom. The van der Waals surface area contributed by atoms with Crippen molar-refractivity contribution >= 4 is 11.7 Å². The lowest BCUT2D eigenvalue weighted by Crippen LogP contribution is -2.24. The molecule has 23 heavy (non-hydrogen) atoms. The SMILES string of the molecule is O=C(NCc1ccccc1)c1cnc(NCC2CCCO2)cn1. The summed E-state index contributed by atoms with van der Waals surface area (Å²) < 4.78 is 5.54. The van der Waals surface area contributed by atoms with Crippen molar-refractivity contribution in [1.29, 1.82) is 0 Å². The first-order valence-electron chi connectivity index (χ1n) is 7.81. The number of rotatable bonds is 6. The van der Waals surface area contributed by atoms with Crippen molar-refractivity contribution in [1.82, 2.24) is 15.3 Å². The number of benzene rings is 1. The molecule has 1 aliphatic rings. The molecule has 2 N–H and O–H groups in total. The summed E-state index contributed by atoms with van der Waals surface area (Å²) in [7, 11) is 0. The largest absolute Gasteiger partial charge is 0.376 e. The minimum atomic E-state index is -0.230. The molecule has 0 radical (unpaired) electrons. The lowest BCUT2D eigenvalue weighted by Gasteiger charge is -2.11. The van der Waals surface area contributed by atoms with Crippen molar-refractivity contribution in [2.75, 3.05) is 18.5 Å². The van der Waals surface area contributed by atoms with E-state index in [4.69, 9.17) is 4.74 Å². The molecule has 0 spiro atoms. The van der Waals surface area contributed by atoms with E-state index in [1.165, 1.54) is 6.20 Å². The summed E-state index contributed by atoms with van der Waals surface area (Å²) in [5, 5.41) is 6.01. The van der Waals surface area contributed by atoms with Gasteiger partial charge in [-0.3, -0.25) is 4.79 Å². The van der Waals surface area contributed by atoms with Gasteiger partial charge >= 0.3 is 0 Å². The molecule has 0 saturated carbocycles. The second-order valence-electron chi connectivity index (χ2n) is 5.47. The minimum Gasteiger partial charge on any atom is -0.376 e. The number of ether oxygens (including phenoxy) is 1. The maximum Gasteiger partial charge on any atom is 0.271 e. The molecular formula is C17H20N4O2. The number of anilines is 1. The normalized spacial score (nSPS) is 17.0. The molecule has 0 bridgehead atoms. The van der Waals surface area contributed by atoms with Crippen LogP contribution in [0.15, 0.2) is 42.7 Å². The Balaban J connectivity index is 1.48. The van der Waals surface area contributed by atoms with E-state index in [9.17, 15) is 4.79 Å². The molecule has 1 aromatic heterocycles. The molecule has 120 valence electrons. The highest BCUT2D eigenvalue weighted by Crippen LogP contribution is 2.12. The average molecular weight is 312 g/mol. The smallest absolute Gasteiger partial charge is 0.271 e. The van der Waals surface area contributed by atoms with Crippen molar-refractivity contribution in [3.05, 3.63) is 54.0 Å². The Morgan fingerprint density at radius 2 is 2.09 bits per heavy atom. The predicted molar refractivity (Wildman–Crippen MR) is 87.1 cm³/mol. The van der Waals surface area contributed by atoms with Crippen LogP contribution in [-0.2, 0) is 11.3 Å². The van der Waals surface area contributed by atoms with Crippen LogP contribution in [0.2, 0.25) is 0 Å². The molecule has 0 aliphatic carbocycles. The highest BCUT2D eigenvalue weighted by molar-refractivity contribution is 5.91. The Labute approximate surface area is 135 Å². The van der Waals surface area contributed by atoms with Crippen LogP contribution in [0.1, 0.15) is 28.9 Å². The van der Waals surface area contributed by atoms with Crippen LogP contribution in [0.25, 0.3) is 0 Å². The summed E-state index contributed by atoms with van der Waals surface area (Å²) in [6.45, 7) is 2.02. The van der Waals surface area contributed by atoms with E-state index in [1.54, 1.807) is 6.20 Å². The van der Waals surface area contributed by atoms with Gasteiger partial charge in [-0.05, 0) is 18.4 Å². The Bertz CT molecular complexity index is 625. The Morgan fingerprint density at radius 3 is 2.78 bits per heavy atom. The van der Waals surface area contributed by atoms with Gasteiger partial charge in [0.2, 0.25) is 0 Å². The van der Waals surface area contributed by atoms with Gasteiger partial charge < -0.3 is 15.4 Å². The Kier molecular flexibility index (Phi) is 5.16. The number of carbonyl (C=O) groups is 1. The van der Waals surface area contributed by atoms with Gasteiger partial charge in [-0.2, -0.15) is 0 Å². The van der Waals surface area contributed by atoms with Gasteiger partial charge in [0.25, 0.3) is 5.91 Å². The molecular weight excluding hydrogens is 292 g/mol. The van der Waals surface area contributed by atoms with E-state index in [1.807, 2.05) is 30.3 Å². The van der Waals surface area contributed by atoms with E-state index in [0.717, 1.165) is 25.0 Å². The van der Waals surface area contributed by atoms with Crippen LogP contribution < -0.4 is 10.6 Å². The standard InChI is InChI=1S/C17H20N4O2/c22-17(21-9-13-5-2-1-3-6-13)15-11-20-16(12-18-15)19-10-14-7-4-8-23-14/h1-3,5-6,11-12,14H,4,7-10H2,(H,19,20)(H,21,22). The third-order valence-electron chi connectivity index (χ3n) is 3.72. The molecule has 1 unspecified atom stereocenters. The number of carbonyl (C=O) groups excluding carboxylic acids is 1. The van der Waals surface area contributed by atoms with Crippen molar-refractivity contribution in [3.8, 4) is 0 Å². The second kappa shape index (κ2) is 7.69. The topological polar surface area (TPSA) is 76.1 Å². The van der Waals surface area contributed by atoms with Gasteiger partial charge in [-0.1, -0.05) is 30.3 Å². The zero-order valence-electron chi connectivity index (χ0n) is 12.9. The molecule has 6 nitrogen and oxygen atoms in total. The number of nitrogens with one attached hydrogen (secondary N) is 2. The molecule has 2 heterocycles. The molecule has 1 atom stereocenters. The van der Waals surface area contributed by atoms with Gasteiger partial charge in [0.15, 0.2) is 0 Å². The van der Waals surface area contributed by atoms with Crippen LogP contribution in [0, 0.1) is 0 Å². The molecule has 6 heteroatoms. The van der Waals surface area contributed by atoms with E-state index in [0.29, 0.717) is 24.6 Å². The van der Waals surface area contributed by atoms with E-state index < -0.39 is 0 Å². The van der Waals surface area contributed by atoms with Crippen molar-refractivity contribution in [2.45, 2.75) is 25.5 Å². The summed E-state index contributed by atoms with van der Waals surface area (Å²) in [5.74, 6) is 0.423. The van der Waals surface area contributed by atoms with Gasteiger partial charge in [-0.15, -0.1) is 0 Å². The number of nitrogens with zero attached hydrogens (tertiary/aromatic N) is 2. The molecule has 2 aromatic rings. The van der Waals surface area contributed by atoms with Crippen LogP contribution in [-0.4, -0.2) is 35.1 Å². The maximum absolute atomic E-state index is 12.0. The summed E-state index contributed by atoms with van der Waals surface area (Å²) >= 11 is 0. The first kappa shape index (κ1) is 15.4. The highest BCUT2D eigenvalue weighted by Gasteiger charge is 2.15. The van der Waals surface area contributed by atoms with Crippen molar-refractivity contribution in [2.24, 2.45) is 0 Å². The maximum atomic E-state index is 12.0. The number of amides is 1. The monoisotopic (exact) mass is 312 g/mol. The quantitative estimate of drug-likeness (QED) is 0.853. The third kappa shape index (κ3) is 4.50. The van der Waals surface area contributed by atoms with Crippen molar-refractivity contribution < 1.29 is 9.53 Å². The van der Waals surface area contributed by atoms with E-state index >= 15 is 0 Å². The van der Waals surface area contributed by atoms with Gasteiger partial charge in [0, 0.05) is 19.7 Å². The van der Waals surface area contributed by atoms with Crippen LogP contribution >= 0.6 is 0 Å². The lowest BCUT2D eigenvalue weighted by molar-refractivity contribution is 0.0945. The average Bonchev–Trinajstić information content (AvgIpc) is 3.13. The van der Waals surface area contributed by atoms with Crippen LogP contribution in [0.3, 0.4) is 0 Å². The summed E-state index contributed by atoms with van der Waals surface area (Å²) in [5.41, 5.74) is 1.35. The molecule has 1 amide bonds. The fraction of sp³-hybridized carbons (Fsp3) is 0.353. The molecule has 3 rings (SSSR count). The fourth-order valence-corrected chi connectivity index (χ4v) is 2.43. The summed E-state index contributed by atoms with van der Waals surface area (Å²) in [6, 6.07) is 9.75. The summed E-state index contributed by atoms with van der Waals surface area (Å²) in [4.78, 5) is 20.4. The molecule has 1 fully saturated rings. The lowest BCUT2D eigenvalue weighted by atomic mass is 10.2. The minimum absolute atomic E-state index is 0.230. The molecule has 1 aliphatic heterocycles. The zero-order chi connectivity index (χ0) is 15.9. The fourth-order valence-electron chi connectivity index (χ4n) is 2.43. The van der Waals surface area contributed by atoms with Crippen LogP contribution in [0.5, 0.6) is 0 Å². The van der Waals surface area contributed by atoms with E-state index in [-0.39, 0.29) is 12.0 Å².